The third kappa shape index (κ3) is 4.36. The minimum Gasteiger partial charge on any atom is -0.369 e. The van der Waals surface area contributed by atoms with Gasteiger partial charge < -0.3 is 15.5 Å². The molecular weight excluding hydrogens is 329 g/mol. The van der Waals surface area contributed by atoms with Crippen LogP contribution in [0.25, 0.3) is 0 Å². The summed E-state index contributed by atoms with van der Waals surface area (Å²) < 4.78 is 1.08. The van der Waals surface area contributed by atoms with E-state index in [-0.39, 0.29) is 0 Å². The van der Waals surface area contributed by atoms with Crippen molar-refractivity contribution in [2.45, 2.75) is 6.42 Å². The van der Waals surface area contributed by atoms with Crippen molar-refractivity contribution in [3.05, 3.63) is 16.1 Å². The van der Waals surface area contributed by atoms with Gasteiger partial charge in [-0.3, -0.25) is 0 Å². The van der Waals surface area contributed by atoms with E-state index in [1.165, 1.54) is 13.1 Å². The molecule has 0 aromatic carbocycles. The van der Waals surface area contributed by atoms with Gasteiger partial charge in [-0.25, -0.2) is 9.97 Å². The molecule has 2 N–H and O–H groups in total. The molecule has 6 heteroatoms. The maximum absolute atomic E-state index is 4.21. The van der Waals surface area contributed by atoms with E-state index in [0.29, 0.717) is 0 Å². The summed E-state index contributed by atoms with van der Waals surface area (Å²) in [7, 11) is 0. The molecule has 0 amide bonds. The fourth-order valence-corrected chi connectivity index (χ4v) is 2.38. The lowest BCUT2D eigenvalue weighted by atomic mass is 10.3. The molecule has 1 aliphatic heterocycles. The monoisotopic (exact) mass is 347 g/mol. The van der Waals surface area contributed by atoms with Gasteiger partial charge in [0.25, 0.3) is 0 Å². The van der Waals surface area contributed by atoms with E-state index in [1.807, 2.05) is 6.20 Å². The molecule has 17 heavy (non-hydrogen) atoms. The van der Waals surface area contributed by atoms with E-state index >= 15 is 0 Å². The van der Waals surface area contributed by atoms with Crippen LogP contribution in [0.4, 0.5) is 5.82 Å². The van der Waals surface area contributed by atoms with Gasteiger partial charge in [0.2, 0.25) is 0 Å². The van der Waals surface area contributed by atoms with Crippen molar-refractivity contribution in [3.8, 4) is 0 Å². The van der Waals surface area contributed by atoms with Crippen LogP contribution in [0.5, 0.6) is 0 Å². The van der Waals surface area contributed by atoms with Crippen LogP contribution in [0.15, 0.2) is 12.5 Å². The van der Waals surface area contributed by atoms with E-state index in [2.05, 4.69) is 48.1 Å². The van der Waals surface area contributed by atoms with Gasteiger partial charge in [-0.05, 0) is 35.6 Å². The van der Waals surface area contributed by atoms with Crippen LogP contribution in [0.2, 0.25) is 0 Å². The van der Waals surface area contributed by atoms with Gasteiger partial charge in [0.15, 0.2) is 0 Å². The van der Waals surface area contributed by atoms with Gasteiger partial charge in [-0.1, -0.05) is 0 Å². The van der Waals surface area contributed by atoms with E-state index in [4.69, 9.17) is 0 Å². The lowest BCUT2D eigenvalue weighted by Gasteiger charge is -2.27. The summed E-state index contributed by atoms with van der Waals surface area (Å²) in [4.78, 5) is 10.7. The molecule has 0 unspecified atom stereocenters. The van der Waals surface area contributed by atoms with Crippen LogP contribution in [0.3, 0.4) is 0 Å². The second kappa shape index (κ2) is 7.07. The van der Waals surface area contributed by atoms with Crippen LogP contribution < -0.4 is 10.6 Å². The normalized spacial score (nSPS) is 17.0. The van der Waals surface area contributed by atoms with Crippen molar-refractivity contribution in [2.24, 2.45) is 0 Å². The number of rotatable bonds is 5. The van der Waals surface area contributed by atoms with Crippen molar-refractivity contribution in [1.29, 1.82) is 0 Å². The minimum absolute atomic E-state index is 0.945. The lowest BCUT2D eigenvalue weighted by Crippen LogP contribution is -2.44. The Balaban J connectivity index is 1.64. The summed E-state index contributed by atoms with van der Waals surface area (Å²) >= 11 is 2.25. The van der Waals surface area contributed by atoms with Gasteiger partial charge >= 0.3 is 0 Å². The summed E-state index contributed by atoms with van der Waals surface area (Å²) in [5.41, 5.74) is 0. The zero-order chi connectivity index (χ0) is 11.9. The van der Waals surface area contributed by atoms with E-state index in [1.54, 1.807) is 6.33 Å². The van der Waals surface area contributed by atoms with Gasteiger partial charge in [0.05, 0.1) is 3.57 Å². The maximum Gasteiger partial charge on any atom is 0.142 e. The Morgan fingerprint density at radius 2 is 2.24 bits per heavy atom. The number of aromatic nitrogens is 2. The fraction of sp³-hybridized carbons (Fsp3) is 0.636. The first-order chi connectivity index (χ1) is 8.36. The average molecular weight is 347 g/mol. The van der Waals surface area contributed by atoms with E-state index in [9.17, 15) is 0 Å². The summed E-state index contributed by atoms with van der Waals surface area (Å²) in [5.74, 6) is 0.945. The predicted octanol–water partition coefficient (Wildman–Crippen LogP) is 0.788. The molecular formula is C11H18IN5. The Morgan fingerprint density at radius 3 is 3.00 bits per heavy atom. The number of hydrogen-bond donors (Lipinski definition) is 2. The molecule has 2 rings (SSSR count). The standard InChI is InChI=1S/C11H18IN5/c12-10-8-14-9-16-11(10)15-2-1-5-17-6-3-13-4-7-17/h8-9,13H,1-7H2,(H,14,15,16). The van der Waals surface area contributed by atoms with Crippen molar-refractivity contribution in [3.63, 3.8) is 0 Å². The summed E-state index contributed by atoms with van der Waals surface area (Å²) in [5, 5.41) is 6.71. The first-order valence-electron chi connectivity index (χ1n) is 5.99. The molecule has 5 nitrogen and oxygen atoms in total. The lowest BCUT2D eigenvalue weighted by molar-refractivity contribution is 0.240. The van der Waals surface area contributed by atoms with Crippen molar-refractivity contribution in [1.82, 2.24) is 20.2 Å². The molecule has 1 aromatic rings. The molecule has 0 spiro atoms. The third-order valence-corrected chi connectivity index (χ3v) is 3.61. The minimum atomic E-state index is 0.945. The van der Waals surface area contributed by atoms with Crippen LogP contribution in [0.1, 0.15) is 6.42 Å². The Kier molecular flexibility index (Phi) is 5.40. The topological polar surface area (TPSA) is 53.1 Å². The van der Waals surface area contributed by atoms with Gasteiger partial charge in [-0.2, -0.15) is 0 Å². The summed E-state index contributed by atoms with van der Waals surface area (Å²) in [6, 6.07) is 0. The SMILES string of the molecule is Ic1cncnc1NCCCN1CCNCC1. The highest BCUT2D eigenvalue weighted by Crippen LogP contribution is 2.11. The van der Waals surface area contributed by atoms with Crippen molar-refractivity contribution >= 4 is 28.4 Å². The van der Waals surface area contributed by atoms with Crippen LogP contribution in [-0.4, -0.2) is 54.1 Å². The highest BCUT2D eigenvalue weighted by Gasteiger charge is 2.08. The van der Waals surface area contributed by atoms with Crippen LogP contribution in [-0.2, 0) is 0 Å². The number of hydrogen-bond acceptors (Lipinski definition) is 5. The second-order valence-corrected chi connectivity index (χ2v) is 5.25. The zero-order valence-electron chi connectivity index (χ0n) is 9.82. The molecule has 0 atom stereocenters. The second-order valence-electron chi connectivity index (χ2n) is 4.09. The quantitative estimate of drug-likeness (QED) is 0.609. The number of halogens is 1. The molecule has 1 fully saturated rings. The molecule has 0 saturated carbocycles. The maximum atomic E-state index is 4.21. The molecule has 94 valence electrons. The Bertz CT molecular complexity index is 340. The smallest absolute Gasteiger partial charge is 0.142 e. The number of nitrogens with one attached hydrogen (secondary N) is 2. The first-order valence-corrected chi connectivity index (χ1v) is 7.06. The molecule has 0 bridgehead atoms. The third-order valence-electron chi connectivity index (χ3n) is 2.82. The van der Waals surface area contributed by atoms with Crippen LogP contribution >= 0.6 is 22.6 Å². The fourth-order valence-electron chi connectivity index (χ4n) is 1.89. The zero-order valence-corrected chi connectivity index (χ0v) is 12.0. The van der Waals surface area contributed by atoms with Crippen molar-refractivity contribution in [2.75, 3.05) is 44.6 Å². The van der Waals surface area contributed by atoms with Crippen LogP contribution in [0, 0.1) is 3.57 Å². The first kappa shape index (κ1) is 13.0. The van der Waals surface area contributed by atoms with Gasteiger partial charge in [0, 0.05) is 38.9 Å². The van der Waals surface area contributed by atoms with Crippen molar-refractivity contribution < 1.29 is 0 Å². The summed E-state index contributed by atoms with van der Waals surface area (Å²) in [6.45, 7) is 6.72. The van der Waals surface area contributed by atoms with Gasteiger partial charge in [0.1, 0.15) is 12.1 Å². The summed E-state index contributed by atoms with van der Waals surface area (Å²) in [6.07, 6.45) is 4.56. The molecule has 2 heterocycles. The van der Waals surface area contributed by atoms with Gasteiger partial charge in [-0.15, -0.1) is 0 Å². The molecule has 0 aliphatic carbocycles. The Morgan fingerprint density at radius 1 is 1.41 bits per heavy atom. The molecule has 0 radical (unpaired) electrons. The van der Waals surface area contributed by atoms with E-state index < -0.39 is 0 Å². The molecule has 1 aromatic heterocycles. The number of piperazine rings is 1. The highest BCUT2D eigenvalue weighted by atomic mass is 127. The Labute approximate surface area is 116 Å². The predicted molar refractivity (Wildman–Crippen MR) is 77.2 cm³/mol. The molecule has 1 saturated heterocycles. The molecule has 1 aliphatic rings. The Hall–Kier alpha value is -0.470. The number of nitrogens with zero attached hydrogens (tertiary/aromatic N) is 3. The highest BCUT2D eigenvalue weighted by molar-refractivity contribution is 14.1. The van der Waals surface area contributed by atoms with E-state index in [0.717, 1.165) is 42.0 Å². The number of anilines is 1. The largest absolute Gasteiger partial charge is 0.369 e. The average Bonchev–Trinajstić information content (AvgIpc) is 2.38.